The van der Waals surface area contributed by atoms with Crippen LogP contribution in [0, 0.1) is 5.82 Å². The van der Waals surface area contributed by atoms with E-state index in [0.717, 1.165) is 25.3 Å². The summed E-state index contributed by atoms with van der Waals surface area (Å²) in [5.41, 5.74) is 0.411. The van der Waals surface area contributed by atoms with Crippen LogP contribution in [0.1, 0.15) is 6.42 Å². The number of hydrogen-bond donors (Lipinski definition) is 3. The fourth-order valence-corrected chi connectivity index (χ4v) is 3.24. The number of anilines is 2. The molecule has 3 rings (SSSR count). The summed E-state index contributed by atoms with van der Waals surface area (Å²) in [4.78, 5) is 22.7. The van der Waals surface area contributed by atoms with Crippen LogP contribution in [0.25, 0.3) is 0 Å². The highest BCUT2D eigenvalue weighted by Gasteiger charge is 2.25. The molecule has 1 fully saturated rings. The number of aromatic nitrogens is 1. The van der Waals surface area contributed by atoms with Crippen LogP contribution in [-0.2, 0) is 4.79 Å². The lowest BCUT2D eigenvalue weighted by Crippen LogP contribution is -2.46. The molecule has 0 aliphatic carbocycles. The molecule has 1 aromatic heterocycles. The van der Waals surface area contributed by atoms with E-state index in [1.807, 2.05) is 6.07 Å². The van der Waals surface area contributed by atoms with E-state index in [1.54, 1.807) is 31.4 Å². The van der Waals surface area contributed by atoms with Gasteiger partial charge in [-0.3, -0.25) is 9.79 Å². The number of amides is 1. The van der Waals surface area contributed by atoms with Gasteiger partial charge >= 0.3 is 0 Å². The Hall–Kier alpha value is -2.14. The van der Waals surface area contributed by atoms with Gasteiger partial charge in [-0.25, -0.2) is 9.37 Å². The molecule has 0 radical (unpaired) electrons. The molecular weight excluding hydrogens is 510 g/mol. The SMILES string of the molecule is CN=C(NCC(=O)Nc1cccc(F)c1)NC1CCN(c2ncccc2Cl)C1.I. The minimum absolute atomic E-state index is 0. The molecule has 1 atom stereocenters. The van der Waals surface area contributed by atoms with E-state index in [-0.39, 0.29) is 42.5 Å². The molecule has 2 heterocycles. The lowest BCUT2D eigenvalue weighted by atomic mass is 10.3. The van der Waals surface area contributed by atoms with Crippen LogP contribution in [0.4, 0.5) is 15.9 Å². The molecule has 0 spiro atoms. The van der Waals surface area contributed by atoms with Crippen molar-refractivity contribution in [1.82, 2.24) is 15.6 Å². The maximum absolute atomic E-state index is 13.2. The van der Waals surface area contributed by atoms with Crippen LogP contribution < -0.4 is 20.9 Å². The summed E-state index contributed by atoms with van der Waals surface area (Å²) in [6.07, 6.45) is 2.61. The number of benzene rings is 1. The summed E-state index contributed by atoms with van der Waals surface area (Å²) in [6, 6.07) is 9.53. The van der Waals surface area contributed by atoms with Crippen LogP contribution in [0.5, 0.6) is 0 Å². The number of hydrogen-bond acceptors (Lipinski definition) is 4. The van der Waals surface area contributed by atoms with E-state index >= 15 is 0 Å². The van der Waals surface area contributed by atoms with Crippen LogP contribution in [0.3, 0.4) is 0 Å². The third-order valence-electron chi connectivity index (χ3n) is 4.32. The van der Waals surface area contributed by atoms with Crippen molar-refractivity contribution >= 4 is 58.9 Å². The molecule has 1 aliphatic rings. The molecule has 10 heteroatoms. The molecule has 1 amide bonds. The molecule has 156 valence electrons. The standard InChI is InChI=1S/C19H22ClFN6O.HI/c1-22-19(24-11-17(28)25-14-5-2-4-13(21)10-14)26-15-7-9-27(12-15)18-16(20)6-3-8-23-18;/h2-6,8,10,15H,7,9,11-12H2,1H3,(H,25,28)(H2,22,24,26);1H. The molecule has 1 aromatic carbocycles. The average molecular weight is 533 g/mol. The highest BCUT2D eigenvalue weighted by Crippen LogP contribution is 2.25. The zero-order valence-electron chi connectivity index (χ0n) is 15.9. The average Bonchev–Trinajstić information content (AvgIpc) is 3.13. The first-order valence-electron chi connectivity index (χ1n) is 8.93. The van der Waals surface area contributed by atoms with Gasteiger partial charge in [0.2, 0.25) is 5.91 Å². The van der Waals surface area contributed by atoms with Gasteiger partial charge in [-0.05, 0) is 36.8 Å². The van der Waals surface area contributed by atoms with Crippen molar-refractivity contribution in [3.63, 3.8) is 0 Å². The van der Waals surface area contributed by atoms with Gasteiger partial charge in [-0.2, -0.15) is 0 Å². The van der Waals surface area contributed by atoms with Crippen molar-refractivity contribution in [2.24, 2.45) is 4.99 Å². The van der Waals surface area contributed by atoms with Crippen LogP contribution in [0.15, 0.2) is 47.6 Å². The highest BCUT2D eigenvalue weighted by molar-refractivity contribution is 14.0. The van der Waals surface area contributed by atoms with E-state index in [0.29, 0.717) is 16.7 Å². The molecule has 7 nitrogen and oxygen atoms in total. The summed E-state index contributed by atoms with van der Waals surface area (Å²) in [5, 5.41) is 9.53. The zero-order chi connectivity index (χ0) is 19.9. The van der Waals surface area contributed by atoms with Crippen molar-refractivity contribution in [1.29, 1.82) is 0 Å². The predicted molar refractivity (Wildman–Crippen MR) is 125 cm³/mol. The van der Waals surface area contributed by atoms with Gasteiger partial charge in [0, 0.05) is 38.1 Å². The van der Waals surface area contributed by atoms with Crippen molar-refractivity contribution in [3.05, 3.63) is 53.4 Å². The van der Waals surface area contributed by atoms with Crippen molar-refractivity contribution in [2.75, 3.05) is 36.9 Å². The molecule has 0 saturated carbocycles. The maximum atomic E-state index is 13.2. The molecule has 29 heavy (non-hydrogen) atoms. The molecular formula is C19H23ClFIN6O. The van der Waals surface area contributed by atoms with E-state index in [2.05, 4.69) is 30.8 Å². The Morgan fingerprint density at radius 1 is 1.38 bits per heavy atom. The fraction of sp³-hybridized carbons (Fsp3) is 0.316. The number of nitrogens with one attached hydrogen (secondary N) is 3. The van der Waals surface area contributed by atoms with Crippen LogP contribution in [-0.4, -0.2) is 49.6 Å². The second-order valence-electron chi connectivity index (χ2n) is 6.37. The lowest BCUT2D eigenvalue weighted by Gasteiger charge is -2.20. The lowest BCUT2D eigenvalue weighted by molar-refractivity contribution is -0.115. The minimum Gasteiger partial charge on any atom is -0.353 e. The number of aliphatic imine (C=N–C) groups is 1. The van der Waals surface area contributed by atoms with Gasteiger partial charge in [0.25, 0.3) is 0 Å². The fourth-order valence-electron chi connectivity index (χ4n) is 3.00. The third kappa shape index (κ3) is 6.70. The number of carbonyl (C=O) groups excluding carboxylic acids is 1. The first-order chi connectivity index (χ1) is 13.5. The van der Waals surface area contributed by atoms with Crippen LogP contribution >= 0.6 is 35.6 Å². The van der Waals surface area contributed by atoms with E-state index < -0.39 is 5.82 Å². The van der Waals surface area contributed by atoms with E-state index in [4.69, 9.17) is 11.6 Å². The summed E-state index contributed by atoms with van der Waals surface area (Å²) >= 11 is 6.22. The topological polar surface area (TPSA) is 81.6 Å². The number of carbonyl (C=O) groups is 1. The Bertz CT molecular complexity index is 868. The van der Waals surface area contributed by atoms with E-state index in [1.165, 1.54) is 12.1 Å². The number of pyridine rings is 1. The Balaban J connectivity index is 0.00000300. The van der Waals surface area contributed by atoms with Gasteiger partial charge in [0.1, 0.15) is 11.6 Å². The second-order valence-corrected chi connectivity index (χ2v) is 6.78. The first-order valence-corrected chi connectivity index (χ1v) is 9.31. The largest absolute Gasteiger partial charge is 0.353 e. The summed E-state index contributed by atoms with van der Waals surface area (Å²) in [6.45, 7) is 1.57. The molecule has 1 unspecified atom stereocenters. The Morgan fingerprint density at radius 3 is 2.93 bits per heavy atom. The number of halogens is 3. The van der Waals surface area contributed by atoms with Crippen molar-refractivity contribution in [3.8, 4) is 0 Å². The van der Waals surface area contributed by atoms with E-state index in [9.17, 15) is 9.18 Å². The molecule has 3 N–H and O–H groups in total. The Morgan fingerprint density at radius 2 is 2.21 bits per heavy atom. The van der Waals surface area contributed by atoms with Crippen LogP contribution in [0.2, 0.25) is 5.02 Å². The Labute approximate surface area is 191 Å². The summed E-state index contributed by atoms with van der Waals surface area (Å²) in [7, 11) is 1.64. The van der Waals surface area contributed by atoms with Gasteiger partial charge in [0.15, 0.2) is 5.96 Å². The summed E-state index contributed by atoms with van der Waals surface area (Å²) in [5.74, 6) is 0.600. The number of guanidine groups is 1. The van der Waals surface area contributed by atoms with Gasteiger partial charge < -0.3 is 20.9 Å². The van der Waals surface area contributed by atoms with Gasteiger partial charge in [-0.1, -0.05) is 17.7 Å². The number of nitrogens with zero attached hydrogens (tertiary/aromatic N) is 3. The maximum Gasteiger partial charge on any atom is 0.243 e. The van der Waals surface area contributed by atoms with Gasteiger partial charge in [0.05, 0.1) is 11.6 Å². The highest BCUT2D eigenvalue weighted by atomic mass is 127. The second kappa shape index (κ2) is 11.1. The first kappa shape index (κ1) is 23.1. The normalized spacial score (nSPS) is 16.2. The predicted octanol–water partition coefficient (Wildman–Crippen LogP) is 2.87. The van der Waals surface area contributed by atoms with Crippen molar-refractivity contribution in [2.45, 2.75) is 12.5 Å². The summed E-state index contributed by atoms with van der Waals surface area (Å²) < 4.78 is 13.2. The smallest absolute Gasteiger partial charge is 0.243 e. The third-order valence-corrected chi connectivity index (χ3v) is 4.61. The molecule has 2 aromatic rings. The number of rotatable bonds is 5. The van der Waals surface area contributed by atoms with Crippen molar-refractivity contribution < 1.29 is 9.18 Å². The molecule has 0 bridgehead atoms. The zero-order valence-corrected chi connectivity index (χ0v) is 18.9. The molecule has 1 aliphatic heterocycles. The molecule has 1 saturated heterocycles. The quantitative estimate of drug-likeness (QED) is 0.314. The Kier molecular flexibility index (Phi) is 8.90. The minimum atomic E-state index is -0.401. The monoisotopic (exact) mass is 532 g/mol. The van der Waals surface area contributed by atoms with Gasteiger partial charge in [-0.15, -0.1) is 24.0 Å².